The molecule has 0 fully saturated rings. The average molecular weight is 375 g/mol. The molecule has 2 N–H and O–H groups in total. The minimum Gasteiger partial charge on any atom is -0.497 e. The first-order valence-electron chi connectivity index (χ1n) is 5.56. The predicted octanol–water partition coefficient (Wildman–Crippen LogP) is 4.58. The van der Waals surface area contributed by atoms with Crippen molar-refractivity contribution in [2.45, 2.75) is 0 Å². The molecule has 0 spiro atoms. The van der Waals surface area contributed by atoms with Crippen LogP contribution in [0.1, 0.15) is 15.9 Å². The van der Waals surface area contributed by atoms with Gasteiger partial charge in [0.05, 0.1) is 17.2 Å². The Morgan fingerprint density at radius 3 is 2.50 bits per heavy atom. The first kappa shape index (κ1) is 15.2. The van der Waals surface area contributed by atoms with Gasteiger partial charge in [-0.2, -0.15) is 0 Å². The van der Waals surface area contributed by atoms with Gasteiger partial charge in [-0.1, -0.05) is 23.2 Å². The van der Waals surface area contributed by atoms with Gasteiger partial charge in [-0.15, -0.1) is 0 Å². The fraction of sp³-hybridized carbons (Fsp3) is 0.0714. The van der Waals surface area contributed by atoms with Crippen LogP contribution in [0.5, 0.6) is 5.75 Å². The Morgan fingerprint density at radius 2 is 1.90 bits per heavy atom. The normalized spacial score (nSPS) is 10.4. The molecule has 2 aromatic carbocycles. The van der Waals surface area contributed by atoms with Gasteiger partial charge in [0.2, 0.25) is 0 Å². The second-order valence-electron chi connectivity index (χ2n) is 4.04. The Bertz CT molecular complexity index is 689. The lowest BCUT2D eigenvalue weighted by molar-refractivity contribution is 0.103. The van der Waals surface area contributed by atoms with Crippen molar-refractivity contribution in [1.29, 1.82) is 0 Å². The topological polar surface area (TPSA) is 52.3 Å². The highest BCUT2D eigenvalue weighted by Crippen LogP contribution is 2.32. The molecular formula is C14H10BrCl2NO2. The van der Waals surface area contributed by atoms with Crippen LogP contribution < -0.4 is 10.5 Å². The molecule has 0 aromatic heterocycles. The van der Waals surface area contributed by atoms with E-state index >= 15 is 0 Å². The summed E-state index contributed by atoms with van der Waals surface area (Å²) >= 11 is 15.4. The number of ether oxygens (including phenoxy) is 1. The summed E-state index contributed by atoms with van der Waals surface area (Å²) in [5, 5.41) is 0.438. The number of carbonyl (C=O) groups excluding carboxylic acids is 1. The largest absolute Gasteiger partial charge is 0.497 e. The Balaban J connectivity index is 2.52. The first-order chi connectivity index (χ1) is 9.43. The van der Waals surface area contributed by atoms with Crippen LogP contribution in [0.15, 0.2) is 34.8 Å². The molecule has 0 aliphatic carbocycles. The van der Waals surface area contributed by atoms with Gasteiger partial charge in [0.15, 0.2) is 5.78 Å². The van der Waals surface area contributed by atoms with Crippen molar-refractivity contribution >= 4 is 50.6 Å². The number of hydrogen-bond acceptors (Lipinski definition) is 3. The number of hydrogen-bond donors (Lipinski definition) is 1. The third kappa shape index (κ3) is 2.92. The Labute approximate surface area is 134 Å². The van der Waals surface area contributed by atoms with Crippen molar-refractivity contribution in [3.8, 4) is 5.75 Å². The van der Waals surface area contributed by atoms with Crippen LogP contribution in [0.3, 0.4) is 0 Å². The minimum atomic E-state index is -0.265. The Morgan fingerprint density at radius 1 is 1.20 bits per heavy atom. The molecule has 6 heteroatoms. The van der Waals surface area contributed by atoms with Gasteiger partial charge >= 0.3 is 0 Å². The number of anilines is 1. The summed E-state index contributed by atoms with van der Waals surface area (Å²) < 4.78 is 5.70. The van der Waals surface area contributed by atoms with Crippen LogP contribution in [0.25, 0.3) is 0 Å². The molecular weight excluding hydrogens is 365 g/mol. The molecule has 3 nitrogen and oxygen atoms in total. The lowest BCUT2D eigenvalue weighted by atomic mass is 10.0. The van der Waals surface area contributed by atoms with E-state index in [0.717, 1.165) is 0 Å². The van der Waals surface area contributed by atoms with Crippen molar-refractivity contribution in [2.24, 2.45) is 0 Å². The summed E-state index contributed by atoms with van der Waals surface area (Å²) in [6.45, 7) is 0. The lowest BCUT2D eigenvalue weighted by Crippen LogP contribution is -2.05. The van der Waals surface area contributed by atoms with Crippen molar-refractivity contribution in [2.75, 3.05) is 12.8 Å². The quantitative estimate of drug-likeness (QED) is 0.632. The third-order valence-electron chi connectivity index (χ3n) is 2.72. The number of halogens is 3. The van der Waals surface area contributed by atoms with Gasteiger partial charge in [0.25, 0.3) is 0 Å². The van der Waals surface area contributed by atoms with E-state index in [1.807, 2.05) is 0 Å². The summed E-state index contributed by atoms with van der Waals surface area (Å²) in [6.07, 6.45) is 0. The zero-order chi connectivity index (χ0) is 14.9. The van der Waals surface area contributed by atoms with E-state index in [2.05, 4.69) is 15.9 Å². The summed E-state index contributed by atoms with van der Waals surface area (Å²) in [6, 6.07) is 8.06. The maximum atomic E-state index is 12.5. The number of rotatable bonds is 3. The summed E-state index contributed by atoms with van der Waals surface area (Å²) in [7, 11) is 1.55. The van der Waals surface area contributed by atoms with Gasteiger partial charge in [0, 0.05) is 21.3 Å². The van der Waals surface area contributed by atoms with Crippen molar-refractivity contribution in [1.82, 2.24) is 0 Å². The Hall–Kier alpha value is -1.23. The average Bonchev–Trinajstić information content (AvgIpc) is 2.41. The zero-order valence-corrected chi connectivity index (χ0v) is 13.5. The molecule has 2 rings (SSSR count). The van der Waals surface area contributed by atoms with Crippen LogP contribution in [0, 0.1) is 0 Å². The lowest BCUT2D eigenvalue weighted by Gasteiger charge is -2.09. The molecule has 0 aliphatic rings. The number of carbonyl (C=O) groups is 1. The molecule has 0 amide bonds. The summed E-state index contributed by atoms with van der Waals surface area (Å²) in [5.41, 5.74) is 6.80. The van der Waals surface area contributed by atoms with E-state index in [9.17, 15) is 4.79 Å². The van der Waals surface area contributed by atoms with Crippen LogP contribution in [-0.2, 0) is 0 Å². The number of benzene rings is 2. The zero-order valence-electron chi connectivity index (χ0n) is 10.4. The molecule has 0 unspecified atom stereocenters. The van der Waals surface area contributed by atoms with E-state index < -0.39 is 0 Å². The first-order valence-corrected chi connectivity index (χ1v) is 7.11. The second-order valence-corrected chi connectivity index (χ2v) is 5.68. The number of methoxy groups -OCH3 is 1. The number of nitrogen functional groups attached to an aromatic ring is 1. The maximum Gasteiger partial charge on any atom is 0.195 e. The van der Waals surface area contributed by atoms with E-state index in [0.29, 0.717) is 21.5 Å². The maximum absolute atomic E-state index is 12.5. The monoisotopic (exact) mass is 373 g/mol. The highest BCUT2D eigenvalue weighted by atomic mass is 79.9. The molecule has 2 aromatic rings. The third-order valence-corrected chi connectivity index (χ3v) is 4.17. The van der Waals surface area contributed by atoms with E-state index in [1.165, 1.54) is 12.1 Å². The fourth-order valence-electron chi connectivity index (χ4n) is 1.73. The SMILES string of the molecule is COc1ccc(C(=O)c2cc(N)cc(Cl)c2Cl)c(Br)c1. The van der Waals surface area contributed by atoms with Crippen molar-refractivity contribution in [3.63, 3.8) is 0 Å². The van der Waals surface area contributed by atoms with Crippen LogP contribution >= 0.6 is 39.1 Å². The van der Waals surface area contributed by atoms with Gasteiger partial charge in [-0.05, 0) is 46.3 Å². The van der Waals surface area contributed by atoms with Gasteiger partial charge in [0.1, 0.15) is 5.75 Å². The van der Waals surface area contributed by atoms with Crippen molar-refractivity contribution in [3.05, 3.63) is 56.0 Å². The molecule has 0 saturated carbocycles. The fourth-order valence-corrected chi connectivity index (χ4v) is 2.69. The van der Waals surface area contributed by atoms with E-state index in [4.69, 9.17) is 33.7 Å². The van der Waals surface area contributed by atoms with Crippen LogP contribution in [0.4, 0.5) is 5.69 Å². The molecule has 0 aliphatic heterocycles. The summed E-state index contributed by atoms with van der Waals surface area (Å²) in [4.78, 5) is 12.5. The minimum absolute atomic E-state index is 0.189. The van der Waals surface area contributed by atoms with Gasteiger partial charge in [-0.3, -0.25) is 4.79 Å². The highest BCUT2D eigenvalue weighted by Gasteiger charge is 2.18. The van der Waals surface area contributed by atoms with Crippen molar-refractivity contribution < 1.29 is 9.53 Å². The van der Waals surface area contributed by atoms with Crippen LogP contribution in [0.2, 0.25) is 10.0 Å². The molecule has 0 heterocycles. The molecule has 104 valence electrons. The van der Waals surface area contributed by atoms with E-state index in [1.54, 1.807) is 25.3 Å². The molecule has 0 saturated heterocycles. The van der Waals surface area contributed by atoms with Crippen LogP contribution in [-0.4, -0.2) is 12.9 Å². The number of nitrogens with two attached hydrogens (primary N) is 1. The van der Waals surface area contributed by atoms with Gasteiger partial charge < -0.3 is 10.5 Å². The molecule has 0 radical (unpaired) electrons. The standard InChI is InChI=1S/C14H10BrCl2NO2/c1-20-8-2-3-9(11(15)6-8)14(19)10-4-7(18)5-12(16)13(10)17/h2-6H,18H2,1H3. The molecule has 0 atom stereocenters. The summed E-state index contributed by atoms with van der Waals surface area (Å²) in [5.74, 6) is 0.379. The molecule has 0 bridgehead atoms. The molecule has 20 heavy (non-hydrogen) atoms. The number of ketones is 1. The second kappa shape index (κ2) is 6.04. The smallest absolute Gasteiger partial charge is 0.195 e. The Kier molecular flexibility index (Phi) is 4.58. The van der Waals surface area contributed by atoms with Gasteiger partial charge in [-0.25, -0.2) is 0 Å². The van der Waals surface area contributed by atoms with E-state index in [-0.39, 0.29) is 21.4 Å². The predicted molar refractivity (Wildman–Crippen MR) is 85.0 cm³/mol. The highest BCUT2D eigenvalue weighted by molar-refractivity contribution is 9.10.